The second kappa shape index (κ2) is 7.96. The molecule has 0 saturated heterocycles. The van der Waals surface area contributed by atoms with E-state index in [1.807, 2.05) is 19.1 Å². The molecule has 1 aliphatic rings. The Morgan fingerprint density at radius 1 is 0.793 bits per heavy atom. The summed E-state index contributed by atoms with van der Waals surface area (Å²) >= 11 is 6.05. The first-order chi connectivity index (χ1) is 13.9. The van der Waals surface area contributed by atoms with Crippen molar-refractivity contribution in [3.8, 4) is 0 Å². The Morgan fingerprint density at radius 3 is 1.83 bits per heavy atom. The highest BCUT2D eigenvalue weighted by Crippen LogP contribution is 2.32. The van der Waals surface area contributed by atoms with Gasteiger partial charge in [0.2, 0.25) is 0 Å². The van der Waals surface area contributed by atoms with Crippen LogP contribution in [0.1, 0.15) is 48.6 Å². The molecule has 3 aromatic rings. The van der Waals surface area contributed by atoms with Gasteiger partial charge in [0.15, 0.2) is 5.84 Å². The van der Waals surface area contributed by atoms with E-state index in [9.17, 15) is 0 Å². The number of amidine groups is 1. The summed E-state index contributed by atoms with van der Waals surface area (Å²) in [4.78, 5) is 8.96. The fourth-order valence-electron chi connectivity index (χ4n) is 3.68. The zero-order chi connectivity index (χ0) is 20.4. The third-order valence-electron chi connectivity index (χ3n) is 5.62. The van der Waals surface area contributed by atoms with Crippen LogP contribution in [-0.4, -0.2) is 18.1 Å². The summed E-state index contributed by atoms with van der Waals surface area (Å²) in [5.74, 6) is 0.850. The normalized spacial score (nSPS) is 13.9. The van der Waals surface area contributed by atoms with Crippen molar-refractivity contribution in [1.82, 2.24) is 0 Å². The lowest BCUT2D eigenvalue weighted by molar-refractivity contribution is 0.640. The van der Waals surface area contributed by atoms with E-state index in [-0.39, 0.29) is 5.41 Å². The van der Waals surface area contributed by atoms with Crippen molar-refractivity contribution in [3.05, 3.63) is 106 Å². The Hall–Kier alpha value is -2.71. The van der Waals surface area contributed by atoms with Gasteiger partial charge in [0.05, 0.1) is 6.54 Å². The van der Waals surface area contributed by atoms with Gasteiger partial charge in [0.25, 0.3) is 0 Å². The van der Waals surface area contributed by atoms with Crippen LogP contribution in [0.5, 0.6) is 0 Å². The van der Waals surface area contributed by atoms with E-state index in [4.69, 9.17) is 11.6 Å². The van der Waals surface area contributed by atoms with Crippen molar-refractivity contribution < 1.29 is 0 Å². The van der Waals surface area contributed by atoms with Crippen molar-refractivity contribution in [1.29, 1.82) is 0 Å². The summed E-state index contributed by atoms with van der Waals surface area (Å²) in [5.41, 5.74) is 7.25. The van der Waals surface area contributed by atoms with E-state index in [2.05, 4.69) is 84.5 Å². The highest BCUT2D eigenvalue weighted by atomic mass is 35.5. The Kier molecular flexibility index (Phi) is 5.38. The fraction of sp³-hybridized carbons (Fsp3) is 0.231. The minimum absolute atomic E-state index is 0.0641. The molecular weight excluding hydrogens is 376 g/mol. The molecule has 3 aromatic carbocycles. The Labute approximate surface area is 178 Å². The van der Waals surface area contributed by atoms with Gasteiger partial charge >= 0.3 is 0 Å². The maximum absolute atomic E-state index is 6.05. The molecule has 29 heavy (non-hydrogen) atoms. The van der Waals surface area contributed by atoms with Gasteiger partial charge in [-0.05, 0) is 47.7 Å². The summed E-state index contributed by atoms with van der Waals surface area (Å²) < 4.78 is 0. The van der Waals surface area contributed by atoms with Gasteiger partial charge in [-0.3, -0.25) is 4.99 Å². The minimum Gasteiger partial charge on any atom is -0.260 e. The standard InChI is InChI=1S/C26H25ClN2/c1-18-17-28-25(29-18)21-8-4-19(5-9-21)16-20-6-10-22(11-7-20)26(2,3)23-12-14-24(27)15-13-23/h4-15H,16-17H2,1-3H3. The number of benzene rings is 3. The average molecular weight is 401 g/mol. The largest absolute Gasteiger partial charge is 0.260 e. The topological polar surface area (TPSA) is 24.7 Å². The van der Waals surface area contributed by atoms with Gasteiger partial charge < -0.3 is 0 Å². The molecule has 0 radical (unpaired) electrons. The van der Waals surface area contributed by atoms with E-state index >= 15 is 0 Å². The first-order valence-corrected chi connectivity index (χ1v) is 10.3. The first-order valence-electron chi connectivity index (χ1n) is 9.95. The molecule has 1 heterocycles. The molecule has 0 saturated carbocycles. The smallest absolute Gasteiger partial charge is 0.154 e. The zero-order valence-corrected chi connectivity index (χ0v) is 17.9. The van der Waals surface area contributed by atoms with Crippen LogP contribution in [-0.2, 0) is 11.8 Å². The second-order valence-electron chi connectivity index (χ2n) is 8.19. The number of halogens is 1. The summed E-state index contributed by atoms with van der Waals surface area (Å²) in [7, 11) is 0. The SMILES string of the molecule is CC1=NC(c2ccc(Cc3ccc(C(C)(C)c4ccc(Cl)cc4)cc3)cc2)=NC1. The molecule has 0 unspecified atom stereocenters. The van der Waals surface area contributed by atoms with E-state index in [1.165, 1.54) is 22.3 Å². The molecule has 0 aromatic heterocycles. The highest BCUT2D eigenvalue weighted by Gasteiger charge is 2.22. The maximum atomic E-state index is 6.05. The molecule has 0 bridgehead atoms. The molecule has 3 heteroatoms. The van der Waals surface area contributed by atoms with Crippen LogP contribution in [0.4, 0.5) is 0 Å². The number of hydrogen-bond acceptors (Lipinski definition) is 2. The van der Waals surface area contributed by atoms with Crippen LogP contribution in [0.2, 0.25) is 5.02 Å². The van der Waals surface area contributed by atoms with Crippen LogP contribution in [0.3, 0.4) is 0 Å². The van der Waals surface area contributed by atoms with E-state index < -0.39 is 0 Å². The maximum Gasteiger partial charge on any atom is 0.154 e. The third-order valence-corrected chi connectivity index (χ3v) is 5.87. The molecule has 4 rings (SSSR count). The minimum atomic E-state index is -0.0641. The quantitative estimate of drug-likeness (QED) is 0.468. The molecule has 0 fully saturated rings. The van der Waals surface area contributed by atoms with Crippen molar-refractivity contribution in [2.24, 2.45) is 9.98 Å². The van der Waals surface area contributed by atoms with Gasteiger partial charge in [-0.1, -0.05) is 86.1 Å². The number of nitrogens with zero attached hydrogens (tertiary/aromatic N) is 2. The number of hydrogen-bond donors (Lipinski definition) is 0. The Morgan fingerprint density at radius 2 is 1.31 bits per heavy atom. The number of aliphatic imine (C=N–C) groups is 2. The Bertz CT molecular complexity index is 1060. The number of rotatable bonds is 5. The van der Waals surface area contributed by atoms with E-state index in [0.29, 0.717) is 0 Å². The monoisotopic (exact) mass is 400 g/mol. The summed E-state index contributed by atoms with van der Waals surface area (Å²) in [6.45, 7) is 7.23. The molecule has 0 atom stereocenters. The van der Waals surface area contributed by atoms with Gasteiger partial charge in [0.1, 0.15) is 0 Å². The third kappa shape index (κ3) is 4.33. The molecule has 1 aliphatic heterocycles. The lowest BCUT2D eigenvalue weighted by atomic mass is 9.78. The van der Waals surface area contributed by atoms with Crippen molar-refractivity contribution in [2.75, 3.05) is 6.54 Å². The van der Waals surface area contributed by atoms with Crippen LogP contribution in [0, 0.1) is 0 Å². The average Bonchev–Trinajstić information content (AvgIpc) is 3.16. The van der Waals surface area contributed by atoms with E-state index in [0.717, 1.165) is 35.1 Å². The lowest BCUT2D eigenvalue weighted by Crippen LogP contribution is -2.18. The van der Waals surface area contributed by atoms with E-state index in [1.54, 1.807) is 0 Å². The molecule has 0 amide bonds. The van der Waals surface area contributed by atoms with Crippen LogP contribution in [0.25, 0.3) is 0 Å². The first kappa shape index (κ1) is 19.6. The molecule has 0 spiro atoms. The fourth-order valence-corrected chi connectivity index (χ4v) is 3.80. The molecule has 2 nitrogen and oxygen atoms in total. The predicted octanol–water partition coefficient (Wildman–Crippen LogP) is 6.48. The van der Waals surface area contributed by atoms with Crippen LogP contribution < -0.4 is 0 Å². The van der Waals surface area contributed by atoms with Gasteiger partial charge in [-0.2, -0.15) is 0 Å². The Balaban J connectivity index is 1.47. The van der Waals surface area contributed by atoms with Crippen molar-refractivity contribution >= 4 is 23.1 Å². The molecule has 146 valence electrons. The predicted molar refractivity (Wildman–Crippen MR) is 124 cm³/mol. The van der Waals surface area contributed by atoms with Gasteiger partial charge in [-0.15, -0.1) is 0 Å². The van der Waals surface area contributed by atoms with Crippen LogP contribution in [0.15, 0.2) is 82.8 Å². The molecule has 0 N–H and O–H groups in total. The zero-order valence-electron chi connectivity index (χ0n) is 17.1. The van der Waals surface area contributed by atoms with Crippen LogP contribution >= 0.6 is 11.6 Å². The highest BCUT2D eigenvalue weighted by molar-refractivity contribution is 6.30. The summed E-state index contributed by atoms with van der Waals surface area (Å²) in [6.07, 6.45) is 0.913. The molecule has 0 aliphatic carbocycles. The van der Waals surface area contributed by atoms with Gasteiger partial charge in [-0.25, -0.2) is 4.99 Å². The second-order valence-corrected chi connectivity index (χ2v) is 8.63. The molecular formula is C26H25ClN2. The van der Waals surface area contributed by atoms with Gasteiger partial charge in [0, 0.05) is 21.7 Å². The summed E-state index contributed by atoms with van der Waals surface area (Å²) in [5, 5.41) is 0.771. The van der Waals surface area contributed by atoms with Crippen molar-refractivity contribution in [2.45, 2.75) is 32.6 Å². The van der Waals surface area contributed by atoms with Crippen molar-refractivity contribution in [3.63, 3.8) is 0 Å². The lowest BCUT2D eigenvalue weighted by Gasteiger charge is -2.26. The summed E-state index contributed by atoms with van der Waals surface area (Å²) in [6, 6.07) is 25.7.